The van der Waals surface area contributed by atoms with E-state index in [1.807, 2.05) is 12.1 Å². The normalized spacial score (nSPS) is 21.1. The summed E-state index contributed by atoms with van der Waals surface area (Å²) in [6, 6.07) is 11.8. The van der Waals surface area contributed by atoms with E-state index >= 15 is 0 Å². The molecule has 2 fully saturated rings. The first-order valence-electron chi connectivity index (χ1n) is 13.2. The maximum absolute atomic E-state index is 14.0. The van der Waals surface area contributed by atoms with Crippen LogP contribution in [0.5, 0.6) is 11.5 Å². The predicted molar refractivity (Wildman–Crippen MR) is 144 cm³/mol. The van der Waals surface area contributed by atoms with Crippen LogP contribution in [-0.4, -0.2) is 63.6 Å². The Morgan fingerprint density at radius 3 is 2.21 bits per heavy atom. The Labute approximate surface area is 220 Å². The van der Waals surface area contributed by atoms with Gasteiger partial charge in [-0.3, -0.25) is 4.90 Å². The molecule has 9 heteroatoms. The van der Waals surface area contributed by atoms with Crippen molar-refractivity contribution in [3.05, 3.63) is 66.6 Å². The van der Waals surface area contributed by atoms with Gasteiger partial charge in [-0.05, 0) is 62.6 Å². The van der Waals surface area contributed by atoms with Crippen LogP contribution in [0.15, 0.2) is 55.0 Å². The molecule has 1 saturated carbocycles. The Hall–Kier alpha value is -3.56. The number of ether oxygens (including phenoxy) is 1. The molecule has 4 aromatic rings. The summed E-state index contributed by atoms with van der Waals surface area (Å²) >= 11 is 0. The highest BCUT2D eigenvalue weighted by Gasteiger charge is 2.30. The van der Waals surface area contributed by atoms with Crippen molar-refractivity contribution < 1.29 is 13.5 Å². The number of piperazine rings is 1. The first-order valence-corrected chi connectivity index (χ1v) is 13.2. The van der Waals surface area contributed by atoms with Gasteiger partial charge in [-0.25, -0.2) is 18.7 Å². The Kier molecular flexibility index (Phi) is 6.71. The molecule has 0 radical (unpaired) electrons. The number of hydrogen-bond acceptors (Lipinski definition) is 6. The highest BCUT2D eigenvalue weighted by Crippen LogP contribution is 2.39. The lowest BCUT2D eigenvalue weighted by molar-refractivity contribution is 0.0828. The van der Waals surface area contributed by atoms with E-state index in [1.165, 1.54) is 37.4 Å². The molecule has 198 valence electrons. The van der Waals surface area contributed by atoms with Gasteiger partial charge in [-0.2, -0.15) is 0 Å². The van der Waals surface area contributed by atoms with Crippen LogP contribution in [0.1, 0.15) is 31.7 Å². The number of nitrogen functional groups attached to an aromatic ring is 1. The molecule has 2 aromatic carbocycles. The van der Waals surface area contributed by atoms with Crippen molar-refractivity contribution in [1.82, 2.24) is 24.3 Å². The van der Waals surface area contributed by atoms with Gasteiger partial charge >= 0.3 is 0 Å². The molecule has 0 bridgehead atoms. The summed E-state index contributed by atoms with van der Waals surface area (Å²) in [6.45, 7) is 4.58. The fourth-order valence-electron chi connectivity index (χ4n) is 5.89. The summed E-state index contributed by atoms with van der Waals surface area (Å²) < 4.78 is 35.8. The Morgan fingerprint density at radius 1 is 0.868 bits per heavy atom. The van der Waals surface area contributed by atoms with Gasteiger partial charge in [0.1, 0.15) is 23.5 Å². The van der Waals surface area contributed by atoms with Crippen LogP contribution in [0.3, 0.4) is 0 Å². The molecule has 2 aliphatic rings. The third-order valence-electron chi connectivity index (χ3n) is 8.06. The number of para-hydroxylation sites is 1. The van der Waals surface area contributed by atoms with E-state index in [9.17, 15) is 8.78 Å². The highest BCUT2D eigenvalue weighted by atomic mass is 19.1. The smallest absolute Gasteiger partial charge is 0.198 e. The Bertz CT molecular complexity index is 1400. The molecule has 38 heavy (non-hydrogen) atoms. The zero-order valence-corrected chi connectivity index (χ0v) is 21.5. The van der Waals surface area contributed by atoms with E-state index in [0.717, 1.165) is 61.2 Å². The first kappa shape index (κ1) is 24.8. The molecule has 2 aromatic heterocycles. The lowest BCUT2D eigenvalue weighted by Crippen LogP contribution is -2.49. The van der Waals surface area contributed by atoms with Crippen LogP contribution in [0, 0.1) is 11.6 Å². The maximum Gasteiger partial charge on any atom is 0.198 e. The first-order chi connectivity index (χ1) is 18.5. The standard InChI is InChI=1S/C29H32F2N6O/c1-35-13-15-36(16-14-35)20-7-9-21(10-8-20)37-17-23(26-28(32)33-18-34-29(26)37)19-5-11-22(12-6-19)38-27-24(30)3-2-4-25(27)31/h2-6,11-12,17-18,20-21H,7-10,13-16H2,1H3,(H2,32,33,34)/t20-,21-. The van der Waals surface area contributed by atoms with Gasteiger partial charge in [0.2, 0.25) is 0 Å². The van der Waals surface area contributed by atoms with Crippen molar-refractivity contribution in [3.8, 4) is 22.6 Å². The van der Waals surface area contributed by atoms with Crippen LogP contribution >= 0.6 is 0 Å². The summed E-state index contributed by atoms with van der Waals surface area (Å²) in [5, 5.41) is 0.822. The third-order valence-corrected chi connectivity index (χ3v) is 8.06. The van der Waals surface area contributed by atoms with E-state index in [-0.39, 0.29) is 0 Å². The van der Waals surface area contributed by atoms with Gasteiger partial charge in [0.15, 0.2) is 17.4 Å². The average Bonchev–Trinajstić information content (AvgIpc) is 3.33. The molecule has 2 N–H and O–H groups in total. The second-order valence-corrected chi connectivity index (χ2v) is 10.4. The maximum atomic E-state index is 14.0. The summed E-state index contributed by atoms with van der Waals surface area (Å²) in [6.07, 6.45) is 8.16. The van der Waals surface area contributed by atoms with Crippen molar-refractivity contribution in [2.24, 2.45) is 0 Å². The predicted octanol–water partition coefficient (Wildman–Crippen LogP) is 5.48. The van der Waals surface area contributed by atoms with Crippen LogP contribution in [0.25, 0.3) is 22.2 Å². The Balaban J connectivity index is 1.24. The molecular weight excluding hydrogens is 486 g/mol. The van der Waals surface area contributed by atoms with Crippen molar-refractivity contribution in [3.63, 3.8) is 0 Å². The molecule has 1 saturated heterocycles. The van der Waals surface area contributed by atoms with Crippen molar-refractivity contribution in [2.45, 2.75) is 37.8 Å². The second-order valence-electron chi connectivity index (χ2n) is 10.4. The molecule has 7 nitrogen and oxygen atoms in total. The molecule has 6 rings (SSSR count). The molecule has 1 aliphatic heterocycles. The monoisotopic (exact) mass is 518 g/mol. The van der Waals surface area contributed by atoms with Gasteiger partial charge in [-0.15, -0.1) is 0 Å². The van der Waals surface area contributed by atoms with E-state index in [0.29, 0.717) is 23.7 Å². The van der Waals surface area contributed by atoms with Crippen molar-refractivity contribution in [2.75, 3.05) is 39.0 Å². The number of benzene rings is 2. The number of halogens is 2. The molecule has 0 spiro atoms. The summed E-state index contributed by atoms with van der Waals surface area (Å²) in [5.41, 5.74) is 9.03. The number of nitrogens with zero attached hydrogens (tertiary/aromatic N) is 5. The number of aromatic nitrogens is 3. The average molecular weight is 519 g/mol. The quantitative estimate of drug-likeness (QED) is 0.377. The van der Waals surface area contributed by atoms with Crippen LogP contribution in [0.2, 0.25) is 0 Å². The molecule has 0 unspecified atom stereocenters. The number of likely N-dealkylation sites (N-methyl/N-ethyl adjacent to an activating group) is 1. The largest absolute Gasteiger partial charge is 0.451 e. The minimum absolute atomic E-state index is 0.341. The molecule has 0 amide bonds. The number of anilines is 1. The second kappa shape index (κ2) is 10.3. The van der Waals surface area contributed by atoms with Gasteiger partial charge in [0.25, 0.3) is 0 Å². The number of nitrogens with two attached hydrogens (primary N) is 1. The van der Waals surface area contributed by atoms with E-state index in [1.54, 1.807) is 12.1 Å². The fraction of sp³-hybridized carbons (Fsp3) is 0.379. The van der Waals surface area contributed by atoms with Crippen LogP contribution < -0.4 is 10.5 Å². The minimum atomic E-state index is -0.746. The molecule has 3 heterocycles. The lowest BCUT2D eigenvalue weighted by atomic mass is 9.89. The van der Waals surface area contributed by atoms with E-state index < -0.39 is 17.4 Å². The molecular formula is C29H32F2N6O. The van der Waals surface area contributed by atoms with Gasteiger partial charge in [0.05, 0.1) is 5.39 Å². The van der Waals surface area contributed by atoms with Crippen LogP contribution in [-0.2, 0) is 0 Å². The molecule has 0 atom stereocenters. The Morgan fingerprint density at radius 2 is 1.53 bits per heavy atom. The van der Waals surface area contributed by atoms with Crippen molar-refractivity contribution >= 4 is 16.9 Å². The lowest BCUT2D eigenvalue weighted by Gasteiger charge is -2.41. The minimum Gasteiger partial charge on any atom is -0.451 e. The van der Waals surface area contributed by atoms with Gasteiger partial charge < -0.3 is 19.9 Å². The molecule has 1 aliphatic carbocycles. The summed E-state index contributed by atoms with van der Waals surface area (Å²) in [5.74, 6) is -1.13. The van der Waals surface area contributed by atoms with Crippen molar-refractivity contribution in [1.29, 1.82) is 0 Å². The van der Waals surface area contributed by atoms with Crippen LogP contribution in [0.4, 0.5) is 14.6 Å². The number of hydrogen-bond donors (Lipinski definition) is 1. The SMILES string of the molecule is CN1CCN([C@H]2CC[C@H](n3cc(-c4ccc(Oc5c(F)cccc5F)cc4)c4c(N)ncnc43)CC2)CC1. The summed E-state index contributed by atoms with van der Waals surface area (Å²) in [4.78, 5) is 13.9. The zero-order valence-electron chi connectivity index (χ0n) is 21.5. The van der Waals surface area contributed by atoms with Gasteiger partial charge in [0, 0.05) is 50.0 Å². The fourth-order valence-corrected chi connectivity index (χ4v) is 5.89. The number of fused-ring (bicyclic) bond motifs is 1. The highest BCUT2D eigenvalue weighted by molar-refractivity contribution is 6.00. The topological polar surface area (TPSA) is 72.4 Å². The number of rotatable bonds is 5. The zero-order chi connectivity index (χ0) is 26.2. The van der Waals surface area contributed by atoms with E-state index in [4.69, 9.17) is 10.5 Å². The summed E-state index contributed by atoms with van der Waals surface area (Å²) in [7, 11) is 2.19. The van der Waals surface area contributed by atoms with E-state index in [2.05, 4.69) is 37.6 Å². The van der Waals surface area contributed by atoms with Gasteiger partial charge in [-0.1, -0.05) is 18.2 Å². The third kappa shape index (κ3) is 4.72.